The molecule has 0 radical (unpaired) electrons. The molecule has 16 aromatic rings. The minimum Gasteiger partial charge on any atom is -0.379 e. The summed E-state index contributed by atoms with van der Waals surface area (Å²) < 4.78 is 44.1. The first-order valence-electron chi connectivity index (χ1n) is 45.5. The van der Waals surface area contributed by atoms with Crippen molar-refractivity contribution in [2.45, 2.75) is 105 Å². The van der Waals surface area contributed by atoms with Gasteiger partial charge in [-0.1, -0.05) is 39.0 Å². The number of aromatic nitrogens is 30. The Balaban J connectivity index is 0.000000113. The Hall–Kier alpha value is -14.4. The van der Waals surface area contributed by atoms with Gasteiger partial charge in [-0.2, -0.15) is 24.9 Å². The van der Waals surface area contributed by atoms with Crippen LogP contribution in [-0.4, -0.2) is 292 Å². The van der Waals surface area contributed by atoms with Gasteiger partial charge in [0.1, 0.15) is 74.0 Å². The van der Waals surface area contributed by atoms with Crippen LogP contribution < -0.4 is 53.2 Å². The standard InChI is InChI=1S/C19H18N8O.2C18H24N8O.C17H21BrN8O.C17H20N8O2/c20-18-21-10-13(11-22-18)15-16-17(25-19(24-15)26-6-8-28-9-7-26)27(12-23-16)14-4-2-1-3-5-14;1-4-11(2)26-12(3)22-15-14(13-9-20-17(19)21-10-13)23-18(24-16(15)26)25-5-7-27-8-6-25;1-4-13-22-15-14(12-9-20-17(19)21-10-12)23-18(25-5-7-27-8-6-25)24-16(15)26(13)11(2)3;1-3-10(2)26-14-13(22-15(26)18)12(11-8-20-16(19)21-9-11)23-17(24-14)25-4-6-27-7-5-25;18-16-19-7-11(8-20-16)13-14-15(25(10-21-14)12-1-4-27-9-12)23-17(22-13)24-2-5-26-6-3-24/h1-5,10-12H,6-9H2,(H2,20,21,22);2*9-11H,4-8H2,1-3H3,(H2,19,20,21);8-10H,3-7H2,1-2H3,(H2,19,20,21);7-8,10,12H,1-6,9H2,(H2,18,19,20). The van der Waals surface area contributed by atoms with Crippen LogP contribution in [0, 0.1) is 6.92 Å². The molecule has 15 aromatic heterocycles. The van der Waals surface area contributed by atoms with Gasteiger partial charge in [0.05, 0.1) is 85.0 Å². The Bertz CT molecular complexity index is 6620. The van der Waals surface area contributed by atoms with Crippen molar-refractivity contribution < 1.29 is 28.4 Å². The van der Waals surface area contributed by atoms with Crippen molar-refractivity contribution in [2.24, 2.45) is 0 Å². The molecule has 6 aliphatic rings. The first-order chi connectivity index (χ1) is 66.3. The lowest BCUT2D eigenvalue weighted by Crippen LogP contribution is -2.37. The van der Waals surface area contributed by atoms with Crippen molar-refractivity contribution in [3.63, 3.8) is 0 Å². The summed E-state index contributed by atoms with van der Waals surface area (Å²) in [6.07, 6.45) is 24.1. The summed E-state index contributed by atoms with van der Waals surface area (Å²) in [7, 11) is 0. The minimum atomic E-state index is 0.220. The van der Waals surface area contributed by atoms with E-state index in [9.17, 15) is 0 Å². The molecule has 6 aliphatic heterocycles. The Labute approximate surface area is 789 Å². The van der Waals surface area contributed by atoms with Crippen LogP contribution in [0.15, 0.2) is 110 Å². The maximum atomic E-state index is 5.66. The lowest BCUT2D eigenvalue weighted by Gasteiger charge is -2.27. The first-order valence-corrected chi connectivity index (χ1v) is 46.3. The molecule has 1 aromatic carbocycles. The molecule has 0 bridgehead atoms. The summed E-state index contributed by atoms with van der Waals surface area (Å²) in [4.78, 5) is 124. The van der Waals surface area contributed by atoms with Crippen LogP contribution in [0.1, 0.15) is 104 Å². The van der Waals surface area contributed by atoms with Gasteiger partial charge in [0.15, 0.2) is 33.0 Å². The van der Waals surface area contributed by atoms with Crippen LogP contribution in [0.25, 0.3) is 118 Å². The fraction of sp³-hybridized carbons (Fsp3) is 0.427. The summed E-state index contributed by atoms with van der Waals surface area (Å²) >= 11 is 3.59. The van der Waals surface area contributed by atoms with E-state index in [1.54, 1.807) is 68.3 Å². The second-order valence-corrected chi connectivity index (χ2v) is 33.8. The molecule has 6 fully saturated rings. The number of aryl methyl sites for hydroxylation is 2. The van der Waals surface area contributed by atoms with Crippen LogP contribution in [0.5, 0.6) is 0 Å². The molecule has 0 spiro atoms. The Morgan fingerprint density at radius 2 is 0.669 bits per heavy atom. The van der Waals surface area contributed by atoms with E-state index < -0.39 is 0 Å². The predicted octanol–water partition coefficient (Wildman–Crippen LogP) is 8.62. The maximum absolute atomic E-state index is 5.66. The summed E-state index contributed by atoms with van der Waals surface area (Å²) in [5.74, 6) is 6.39. The second kappa shape index (κ2) is 41.6. The van der Waals surface area contributed by atoms with Crippen LogP contribution in [0.4, 0.5) is 59.5 Å². The predicted molar refractivity (Wildman–Crippen MR) is 517 cm³/mol. The molecule has 0 aliphatic carbocycles. The van der Waals surface area contributed by atoms with Crippen LogP contribution in [-0.2, 0) is 34.8 Å². The summed E-state index contributed by atoms with van der Waals surface area (Å²) in [5.41, 5.74) is 44.3. The third-order valence-corrected chi connectivity index (χ3v) is 24.6. The second-order valence-electron chi connectivity index (χ2n) is 33.1. The van der Waals surface area contributed by atoms with Crippen molar-refractivity contribution in [2.75, 3.05) is 198 Å². The van der Waals surface area contributed by atoms with Gasteiger partial charge in [-0.05, 0) is 81.9 Å². The van der Waals surface area contributed by atoms with E-state index in [1.165, 1.54) is 0 Å². The van der Waals surface area contributed by atoms with E-state index in [-0.39, 0.29) is 53.9 Å². The molecular weight excluding hydrogens is 1810 g/mol. The third-order valence-electron chi connectivity index (χ3n) is 24.0. The molecule has 0 amide bonds. The highest BCUT2D eigenvalue weighted by atomic mass is 79.9. The van der Waals surface area contributed by atoms with E-state index in [4.69, 9.17) is 122 Å². The highest BCUT2D eigenvalue weighted by Crippen LogP contribution is 2.38. The molecule has 706 valence electrons. The largest absolute Gasteiger partial charge is 0.379 e. The lowest BCUT2D eigenvalue weighted by molar-refractivity contribution is 0.122. The number of nitrogens with zero attached hydrogens (tertiary/aromatic N) is 35. The first kappa shape index (κ1) is 92.1. The number of halogens is 1. The number of anilines is 10. The van der Waals surface area contributed by atoms with Crippen molar-refractivity contribution in [3.05, 3.63) is 121 Å². The number of ether oxygens (including phenoxy) is 6. The number of morpholine rings is 5. The molecule has 47 heteroatoms. The van der Waals surface area contributed by atoms with Gasteiger partial charge < -0.3 is 99.9 Å². The SMILES string of the molecule is CCC(C)n1c(Br)nc2c(-c3cnc(N)nc3)nc(N3CCOCC3)nc21.CCC(C)n1c(C)nc2c(-c3cnc(N)nc3)nc(N3CCOCC3)nc21.CCc1nc2c(-c3cnc(N)nc3)nc(N3CCOCC3)nc2n1C(C)C.Nc1ncc(-c2nc(N3CCOCC3)nc3c2ncn3-c2ccccc2)cn1.Nc1ncc(-c2nc(N3CCOCC3)nc3c2ncn3C2CCOC2)cn1. The average Bonchev–Trinajstić information content (AvgIpc) is 1.63. The smallest absolute Gasteiger partial charge is 0.228 e. The highest BCUT2D eigenvalue weighted by molar-refractivity contribution is 9.10. The van der Waals surface area contributed by atoms with Crippen molar-refractivity contribution in [1.82, 2.24) is 147 Å². The van der Waals surface area contributed by atoms with Crippen LogP contribution in [0.2, 0.25) is 0 Å². The van der Waals surface area contributed by atoms with E-state index in [0.717, 1.165) is 204 Å². The van der Waals surface area contributed by atoms with Gasteiger partial charge in [-0.3, -0.25) is 4.57 Å². The van der Waals surface area contributed by atoms with Gasteiger partial charge >= 0.3 is 0 Å². The van der Waals surface area contributed by atoms with Gasteiger partial charge in [0, 0.05) is 192 Å². The fourth-order valence-electron chi connectivity index (χ4n) is 16.5. The molecule has 3 atom stereocenters. The number of benzene rings is 1. The minimum absolute atomic E-state index is 0.220. The Morgan fingerprint density at radius 3 is 1.03 bits per heavy atom. The Kier molecular flexibility index (Phi) is 28.2. The number of imidazole rings is 5. The number of para-hydroxylation sites is 1. The molecule has 21 heterocycles. The zero-order valence-corrected chi connectivity index (χ0v) is 78.5. The van der Waals surface area contributed by atoms with Crippen LogP contribution >= 0.6 is 15.9 Å². The molecule has 46 nitrogen and oxygen atoms in total. The van der Waals surface area contributed by atoms with E-state index >= 15 is 0 Å². The normalized spacial score (nSPS) is 16.4. The third kappa shape index (κ3) is 19.9. The molecule has 6 saturated heterocycles. The zero-order chi connectivity index (χ0) is 94.0. The summed E-state index contributed by atoms with van der Waals surface area (Å²) in [5, 5.41) is 0. The Morgan fingerprint density at radius 1 is 0.346 bits per heavy atom. The fourth-order valence-corrected chi connectivity index (χ4v) is 17.2. The van der Waals surface area contributed by atoms with Gasteiger partial charge in [0.2, 0.25) is 59.5 Å². The van der Waals surface area contributed by atoms with Gasteiger partial charge in [0.25, 0.3) is 0 Å². The number of fused-ring (bicyclic) bond motifs is 5. The molecular formula is C89H107BrN40O6. The van der Waals surface area contributed by atoms with Crippen molar-refractivity contribution >= 4 is 131 Å². The summed E-state index contributed by atoms with van der Waals surface area (Å²) in [6.45, 7) is 32.6. The molecule has 136 heavy (non-hydrogen) atoms. The summed E-state index contributed by atoms with van der Waals surface area (Å²) in [6, 6.07) is 11.0. The lowest BCUT2D eigenvalue weighted by atomic mass is 10.2. The van der Waals surface area contributed by atoms with Crippen LogP contribution in [0.3, 0.4) is 0 Å². The van der Waals surface area contributed by atoms with Gasteiger partial charge in [-0.25, -0.2) is 99.7 Å². The number of nitrogen functional groups attached to an aromatic ring is 5. The quantitative estimate of drug-likeness (QED) is 0.0501. The number of hydrogen-bond donors (Lipinski definition) is 5. The monoisotopic (exact) mass is 1910 g/mol. The molecule has 3 unspecified atom stereocenters. The molecule has 10 N–H and O–H groups in total. The topological polar surface area (TPSA) is 549 Å². The molecule has 22 rings (SSSR count). The van der Waals surface area contributed by atoms with E-state index in [0.29, 0.717) is 131 Å². The molecule has 0 saturated carbocycles. The van der Waals surface area contributed by atoms with E-state index in [1.807, 2.05) is 48.1 Å². The van der Waals surface area contributed by atoms with Crippen molar-refractivity contribution in [3.8, 4) is 62.0 Å². The van der Waals surface area contributed by atoms with Crippen molar-refractivity contribution in [1.29, 1.82) is 0 Å². The average molecular weight is 1910 g/mol. The maximum Gasteiger partial charge on any atom is 0.228 e. The highest BCUT2D eigenvalue weighted by Gasteiger charge is 2.32. The zero-order valence-electron chi connectivity index (χ0n) is 76.9. The van der Waals surface area contributed by atoms with Gasteiger partial charge in [-0.15, -0.1) is 0 Å². The number of rotatable bonds is 18. The van der Waals surface area contributed by atoms with E-state index in [2.05, 4.69) is 167 Å². The number of nitrogens with two attached hydrogens (primary N) is 5. The number of hydrogen-bond acceptors (Lipinski definition) is 41.